The number of amides is 2. The molecule has 1 aromatic rings. The Morgan fingerprint density at radius 2 is 2.19 bits per heavy atom. The van der Waals surface area contributed by atoms with Crippen LogP contribution >= 0.6 is 11.3 Å². The number of urea groups is 1. The smallest absolute Gasteiger partial charge is 0.315 e. The van der Waals surface area contributed by atoms with Gasteiger partial charge in [-0.25, -0.2) is 9.78 Å². The Morgan fingerprint density at radius 1 is 1.43 bits per heavy atom. The molecule has 1 saturated heterocycles. The van der Waals surface area contributed by atoms with Crippen LogP contribution in [0.25, 0.3) is 0 Å². The molecular weight excluding hydrogens is 288 g/mol. The number of aliphatic hydroxyl groups excluding tert-OH is 1. The maximum absolute atomic E-state index is 11.6. The van der Waals surface area contributed by atoms with Crippen molar-refractivity contribution in [2.75, 3.05) is 26.2 Å². The number of aliphatic hydroxyl groups is 1. The molecule has 2 heterocycles. The summed E-state index contributed by atoms with van der Waals surface area (Å²) in [4.78, 5) is 18.2. The number of likely N-dealkylation sites (tertiary alicyclic amines) is 1. The van der Waals surface area contributed by atoms with Crippen LogP contribution in [0.2, 0.25) is 0 Å². The van der Waals surface area contributed by atoms with Crippen molar-refractivity contribution in [1.29, 1.82) is 0 Å². The van der Waals surface area contributed by atoms with Crippen LogP contribution in [0.5, 0.6) is 0 Å². The highest BCUT2D eigenvalue weighted by Gasteiger charge is 2.15. The van der Waals surface area contributed by atoms with Gasteiger partial charge in [-0.1, -0.05) is 6.42 Å². The number of aromatic nitrogens is 1. The molecule has 118 valence electrons. The van der Waals surface area contributed by atoms with Crippen molar-refractivity contribution in [3.8, 4) is 0 Å². The molecule has 0 unspecified atom stereocenters. The van der Waals surface area contributed by atoms with Crippen LogP contribution in [0, 0.1) is 6.92 Å². The highest BCUT2D eigenvalue weighted by molar-refractivity contribution is 7.09. The molecule has 6 nitrogen and oxygen atoms in total. The molecule has 0 radical (unpaired) electrons. The van der Waals surface area contributed by atoms with Gasteiger partial charge < -0.3 is 20.6 Å². The van der Waals surface area contributed by atoms with Crippen LogP contribution < -0.4 is 10.6 Å². The van der Waals surface area contributed by atoms with Crippen molar-refractivity contribution >= 4 is 17.4 Å². The van der Waals surface area contributed by atoms with Crippen LogP contribution in [0.15, 0.2) is 5.38 Å². The van der Waals surface area contributed by atoms with E-state index in [1.54, 1.807) is 0 Å². The van der Waals surface area contributed by atoms with Gasteiger partial charge in [0.2, 0.25) is 0 Å². The predicted molar refractivity (Wildman–Crippen MR) is 83.4 cm³/mol. The molecule has 1 aliphatic heterocycles. The van der Waals surface area contributed by atoms with Gasteiger partial charge in [-0.15, -0.1) is 11.3 Å². The number of nitrogens with zero attached hydrogens (tertiary/aromatic N) is 2. The molecule has 21 heavy (non-hydrogen) atoms. The second kappa shape index (κ2) is 8.31. The van der Waals surface area contributed by atoms with Crippen LogP contribution in [-0.4, -0.2) is 53.3 Å². The third-order valence-corrected chi connectivity index (χ3v) is 4.45. The quantitative estimate of drug-likeness (QED) is 0.735. The number of aryl methyl sites for hydroxylation is 1. The minimum Gasteiger partial charge on any atom is -0.390 e. The van der Waals surface area contributed by atoms with E-state index >= 15 is 0 Å². The van der Waals surface area contributed by atoms with Crippen molar-refractivity contribution in [2.45, 2.75) is 38.8 Å². The lowest BCUT2D eigenvalue weighted by molar-refractivity contribution is 0.101. The molecule has 1 aromatic heterocycles. The summed E-state index contributed by atoms with van der Waals surface area (Å²) in [7, 11) is 0. The highest BCUT2D eigenvalue weighted by Crippen LogP contribution is 2.09. The number of piperidine rings is 1. The van der Waals surface area contributed by atoms with E-state index in [9.17, 15) is 9.90 Å². The monoisotopic (exact) mass is 312 g/mol. The van der Waals surface area contributed by atoms with Crippen molar-refractivity contribution in [1.82, 2.24) is 20.5 Å². The first-order valence-electron chi connectivity index (χ1n) is 7.46. The van der Waals surface area contributed by atoms with Crippen molar-refractivity contribution in [3.63, 3.8) is 0 Å². The number of nitrogens with one attached hydrogen (secondary N) is 2. The zero-order valence-electron chi connectivity index (χ0n) is 12.5. The van der Waals surface area contributed by atoms with E-state index in [-0.39, 0.29) is 12.6 Å². The molecule has 0 saturated carbocycles. The molecule has 0 aromatic carbocycles. The van der Waals surface area contributed by atoms with Gasteiger partial charge in [-0.05, 0) is 32.9 Å². The molecule has 1 atom stereocenters. The molecule has 1 fully saturated rings. The van der Waals surface area contributed by atoms with E-state index in [4.69, 9.17) is 0 Å². The largest absolute Gasteiger partial charge is 0.390 e. The van der Waals surface area contributed by atoms with Crippen LogP contribution in [0.4, 0.5) is 4.79 Å². The number of rotatable bonds is 6. The molecule has 1 aliphatic rings. The summed E-state index contributed by atoms with van der Waals surface area (Å²) in [5.41, 5.74) is 0.967. The number of thiazole rings is 1. The minimum absolute atomic E-state index is 0.263. The van der Waals surface area contributed by atoms with Gasteiger partial charge >= 0.3 is 6.03 Å². The average molecular weight is 312 g/mol. The van der Waals surface area contributed by atoms with Gasteiger partial charge in [0.25, 0.3) is 0 Å². The van der Waals surface area contributed by atoms with Gasteiger partial charge in [0.15, 0.2) is 0 Å². The van der Waals surface area contributed by atoms with E-state index in [0.29, 0.717) is 13.1 Å². The fourth-order valence-electron chi connectivity index (χ4n) is 2.42. The van der Waals surface area contributed by atoms with E-state index < -0.39 is 6.10 Å². The highest BCUT2D eigenvalue weighted by atomic mass is 32.1. The van der Waals surface area contributed by atoms with Crippen molar-refractivity contribution < 1.29 is 9.90 Å². The lowest BCUT2D eigenvalue weighted by atomic mass is 10.1. The maximum Gasteiger partial charge on any atom is 0.315 e. The van der Waals surface area contributed by atoms with Gasteiger partial charge in [0, 0.05) is 24.2 Å². The minimum atomic E-state index is -0.518. The summed E-state index contributed by atoms with van der Waals surface area (Å²) >= 11 is 1.53. The Labute approximate surface area is 129 Å². The normalized spacial score (nSPS) is 17.4. The summed E-state index contributed by atoms with van der Waals surface area (Å²) in [6.07, 6.45) is 3.17. The molecule has 3 N–H and O–H groups in total. The second-order valence-electron chi connectivity index (χ2n) is 5.46. The summed E-state index contributed by atoms with van der Waals surface area (Å²) in [5, 5.41) is 18.2. The van der Waals surface area contributed by atoms with Crippen molar-refractivity contribution in [2.24, 2.45) is 0 Å². The van der Waals surface area contributed by atoms with Crippen LogP contribution in [-0.2, 0) is 6.54 Å². The lowest BCUT2D eigenvalue weighted by Crippen LogP contribution is -2.44. The van der Waals surface area contributed by atoms with E-state index in [1.807, 2.05) is 12.3 Å². The van der Waals surface area contributed by atoms with Crippen LogP contribution in [0.3, 0.4) is 0 Å². The Morgan fingerprint density at radius 3 is 2.86 bits per heavy atom. The zero-order chi connectivity index (χ0) is 15.1. The van der Waals surface area contributed by atoms with Gasteiger partial charge in [-0.2, -0.15) is 0 Å². The first kappa shape index (κ1) is 16.2. The molecule has 0 spiro atoms. The first-order chi connectivity index (χ1) is 10.1. The summed E-state index contributed by atoms with van der Waals surface area (Å²) in [6, 6.07) is -0.263. The molecule has 0 bridgehead atoms. The SMILES string of the molecule is Cc1csc(CNC(=O)NC[C@@H](O)CN2CCCCC2)n1. The Balaban J connectivity index is 1.59. The molecule has 2 amide bonds. The summed E-state index contributed by atoms with van der Waals surface area (Å²) in [5.74, 6) is 0. The van der Waals surface area contributed by atoms with Gasteiger partial charge in [-0.3, -0.25) is 0 Å². The maximum atomic E-state index is 11.6. The Hall–Kier alpha value is -1.18. The van der Waals surface area contributed by atoms with Gasteiger partial charge in [0.1, 0.15) is 5.01 Å². The zero-order valence-corrected chi connectivity index (χ0v) is 13.3. The number of hydrogen-bond donors (Lipinski definition) is 3. The number of carbonyl (C=O) groups is 1. The topological polar surface area (TPSA) is 77.5 Å². The third-order valence-electron chi connectivity index (χ3n) is 3.48. The van der Waals surface area contributed by atoms with Crippen molar-refractivity contribution in [3.05, 3.63) is 16.1 Å². The van der Waals surface area contributed by atoms with E-state index in [0.717, 1.165) is 23.8 Å². The Bertz CT molecular complexity index is 446. The number of carbonyl (C=O) groups excluding carboxylic acids is 1. The van der Waals surface area contributed by atoms with Gasteiger partial charge in [0.05, 0.1) is 12.6 Å². The molecular formula is C14H24N4O2S. The first-order valence-corrected chi connectivity index (χ1v) is 8.34. The predicted octanol–water partition coefficient (Wildman–Crippen LogP) is 1.10. The molecule has 2 rings (SSSR count). The second-order valence-corrected chi connectivity index (χ2v) is 6.40. The fourth-order valence-corrected chi connectivity index (χ4v) is 3.13. The Kier molecular flexibility index (Phi) is 6.41. The summed E-state index contributed by atoms with van der Waals surface area (Å²) in [6.45, 7) is 5.36. The average Bonchev–Trinajstić information content (AvgIpc) is 2.90. The number of hydrogen-bond acceptors (Lipinski definition) is 5. The standard InChI is InChI=1S/C14H24N4O2S/c1-11-10-21-13(17-11)8-16-14(20)15-7-12(19)9-18-5-3-2-4-6-18/h10,12,19H,2-9H2,1H3,(H2,15,16,20)/t12-/m1/s1. The lowest BCUT2D eigenvalue weighted by Gasteiger charge is -2.28. The van der Waals surface area contributed by atoms with E-state index in [2.05, 4.69) is 20.5 Å². The summed E-state index contributed by atoms with van der Waals surface area (Å²) < 4.78 is 0. The third kappa shape index (κ3) is 5.99. The fraction of sp³-hybridized carbons (Fsp3) is 0.714. The van der Waals surface area contributed by atoms with E-state index in [1.165, 1.54) is 30.6 Å². The molecule has 0 aliphatic carbocycles. The van der Waals surface area contributed by atoms with Crippen LogP contribution in [0.1, 0.15) is 30.0 Å². The number of β-amino-alcohol motifs (C(OH)–C–C–N with tert-alkyl or cyclic N) is 1. The molecule has 7 heteroatoms.